The van der Waals surface area contributed by atoms with Gasteiger partial charge in [-0.2, -0.15) is 0 Å². The molecule has 0 bridgehead atoms. The molecule has 2 atom stereocenters. The predicted octanol–water partition coefficient (Wildman–Crippen LogP) is 3.62. The predicted molar refractivity (Wildman–Crippen MR) is 64.5 cm³/mol. The number of rotatable bonds is 0. The number of Topliss-reactive ketones (excluding diaryl/α,β-unsaturated/α-hetero) is 1. The minimum absolute atomic E-state index is 0.331. The second-order valence-corrected chi connectivity index (χ2v) is 5.23. The lowest BCUT2D eigenvalue weighted by atomic mass is 9.73. The maximum Gasteiger partial charge on any atom is 0.166 e. The van der Waals surface area contributed by atoms with E-state index in [-0.39, 0.29) is 0 Å². The molecule has 1 fully saturated rings. The molecule has 1 aromatic rings. The molecule has 1 nitrogen and oxygen atoms in total. The van der Waals surface area contributed by atoms with Crippen molar-refractivity contribution >= 4 is 5.78 Å². The highest BCUT2D eigenvalue weighted by atomic mass is 16.1. The van der Waals surface area contributed by atoms with Gasteiger partial charge in [-0.3, -0.25) is 4.79 Å². The van der Waals surface area contributed by atoms with Gasteiger partial charge in [0.15, 0.2) is 5.78 Å². The van der Waals surface area contributed by atoms with Crippen LogP contribution >= 0.6 is 0 Å². The molecule has 2 aliphatic rings. The fourth-order valence-corrected chi connectivity index (χ4v) is 3.39. The molecular formula is C15H18O. The van der Waals surface area contributed by atoms with E-state index >= 15 is 0 Å². The van der Waals surface area contributed by atoms with E-state index in [1.54, 1.807) is 0 Å². The first-order valence-corrected chi connectivity index (χ1v) is 6.48. The van der Waals surface area contributed by atoms with E-state index in [1.165, 1.54) is 31.2 Å². The molecule has 0 heterocycles. The summed E-state index contributed by atoms with van der Waals surface area (Å²) < 4.78 is 0. The highest BCUT2D eigenvalue weighted by Crippen LogP contribution is 2.38. The zero-order valence-electron chi connectivity index (χ0n) is 9.61. The molecule has 0 amide bonds. The van der Waals surface area contributed by atoms with Crippen molar-refractivity contribution in [2.45, 2.75) is 38.5 Å². The summed E-state index contributed by atoms with van der Waals surface area (Å²) in [5, 5.41) is 0. The van der Waals surface area contributed by atoms with Crippen LogP contribution in [-0.4, -0.2) is 5.78 Å². The summed E-state index contributed by atoms with van der Waals surface area (Å²) in [6.45, 7) is 0. The second-order valence-electron chi connectivity index (χ2n) is 5.23. The Labute approximate surface area is 96.9 Å². The van der Waals surface area contributed by atoms with Gasteiger partial charge in [0.05, 0.1) is 0 Å². The molecule has 1 saturated carbocycles. The van der Waals surface area contributed by atoms with Crippen molar-refractivity contribution < 1.29 is 4.79 Å². The van der Waals surface area contributed by atoms with Crippen LogP contribution in [0.4, 0.5) is 0 Å². The van der Waals surface area contributed by atoms with E-state index < -0.39 is 0 Å². The molecular weight excluding hydrogens is 196 g/mol. The molecule has 0 N–H and O–H groups in total. The largest absolute Gasteiger partial charge is 0.294 e. The van der Waals surface area contributed by atoms with Crippen molar-refractivity contribution in [3.8, 4) is 0 Å². The van der Waals surface area contributed by atoms with Gasteiger partial charge in [0.2, 0.25) is 0 Å². The van der Waals surface area contributed by atoms with Crippen LogP contribution in [0.2, 0.25) is 0 Å². The fraction of sp³-hybridized carbons (Fsp3) is 0.533. The van der Waals surface area contributed by atoms with Gasteiger partial charge >= 0.3 is 0 Å². The molecule has 2 aliphatic carbocycles. The summed E-state index contributed by atoms with van der Waals surface area (Å²) in [6.07, 6.45) is 7.39. The van der Waals surface area contributed by atoms with Gasteiger partial charge in [0.1, 0.15) is 0 Å². The Morgan fingerprint density at radius 3 is 2.75 bits per heavy atom. The highest BCUT2D eigenvalue weighted by Gasteiger charge is 2.35. The highest BCUT2D eigenvalue weighted by molar-refractivity contribution is 6.00. The third-order valence-corrected chi connectivity index (χ3v) is 4.26. The van der Waals surface area contributed by atoms with Gasteiger partial charge in [0, 0.05) is 11.5 Å². The SMILES string of the molecule is O=C1c2ccccc2C[C@H]2CCCCC[C@H]12. The molecule has 84 valence electrons. The second kappa shape index (κ2) is 4.04. The van der Waals surface area contributed by atoms with Crippen LogP contribution < -0.4 is 0 Å². The maximum atomic E-state index is 12.4. The Bertz CT molecular complexity index is 408. The maximum absolute atomic E-state index is 12.4. The molecule has 0 aromatic heterocycles. The molecule has 0 saturated heterocycles. The van der Waals surface area contributed by atoms with Gasteiger partial charge in [-0.1, -0.05) is 43.5 Å². The lowest BCUT2D eigenvalue weighted by Crippen LogP contribution is -2.30. The third kappa shape index (κ3) is 1.59. The zero-order chi connectivity index (χ0) is 11.0. The van der Waals surface area contributed by atoms with Crippen LogP contribution in [0.3, 0.4) is 0 Å². The molecule has 1 aromatic carbocycles. The van der Waals surface area contributed by atoms with E-state index in [0.717, 1.165) is 18.4 Å². The summed E-state index contributed by atoms with van der Waals surface area (Å²) in [5.74, 6) is 1.39. The van der Waals surface area contributed by atoms with Crippen LogP contribution in [0.1, 0.15) is 48.0 Å². The number of ketones is 1. The van der Waals surface area contributed by atoms with E-state index in [4.69, 9.17) is 0 Å². The van der Waals surface area contributed by atoms with Crippen LogP contribution in [-0.2, 0) is 6.42 Å². The molecule has 3 rings (SSSR count). The minimum atomic E-state index is 0.331. The van der Waals surface area contributed by atoms with Gasteiger partial charge < -0.3 is 0 Å². The Hall–Kier alpha value is -1.11. The molecule has 0 radical (unpaired) electrons. The van der Waals surface area contributed by atoms with Gasteiger partial charge in [-0.15, -0.1) is 0 Å². The zero-order valence-corrected chi connectivity index (χ0v) is 9.61. The van der Waals surface area contributed by atoms with E-state index in [2.05, 4.69) is 12.1 Å². The monoisotopic (exact) mass is 214 g/mol. The van der Waals surface area contributed by atoms with Crippen LogP contribution in [0.15, 0.2) is 24.3 Å². The first-order valence-electron chi connectivity index (χ1n) is 6.48. The number of fused-ring (bicyclic) bond motifs is 2. The smallest absolute Gasteiger partial charge is 0.166 e. The molecule has 0 spiro atoms. The quantitative estimate of drug-likeness (QED) is 0.644. The van der Waals surface area contributed by atoms with Crippen molar-refractivity contribution in [3.63, 3.8) is 0 Å². The average Bonchev–Trinajstić information content (AvgIpc) is 2.55. The fourth-order valence-electron chi connectivity index (χ4n) is 3.39. The summed E-state index contributed by atoms with van der Waals surface area (Å²) in [4.78, 5) is 12.4. The number of hydrogen-bond acceptors (Lipinski definition) is 1. The first kappa shape index (κ1) is 10.1. The van der Waals surface area contributed by atoms with Crippen LogP contribution in [0.25, 0.3) is 0 Å². The van der Waals surface area contributed by atoms with Gasteiger partial charge in [-0.05, 0) is 30.7 Å². The lowest BCUT2D eigenvalue weighted by Gasteiger charge is -2.30. The molecule has 0 aliphatic heterocycles. The number of carbonyl (C=O) groups is 1. The lowest BCUT2D eigenvalue weighted by molar-refractivity contribution is 0.0843. The topological polar surface area (TPSA) is 17.1 Å². The number of carbonyl (C=O) groups excluding carboxylic acids is 1. The summed E-state index contributed by atoms with van der Waals surface area (Å²) in [7, 11) is 0. The Balaban J connectivity index is 1.99. The molecule has 16 heavy (non-hydrogen) atoms. The average molecular weight is 214 g/mol. The summed E-state index contributed by atoms with van der Waals surface area (Å²) >= 11 is 0. The van der Waals surface area contributed by atoms with E-state index in [9.17, 15) is 4.79 Å². The number of hydrogen-bond donors (Lipinski definition) is 0. The van der Waals surface area contributed by atoms with Crippen LogP contribution in [0, 0.1) is 11.8 Å². The van der Waals surface area contributed by atoms with Crippen molar-refractivity contribution in [2.24, 2.45) is 11.8 Å². The molecule has 1 heteroatoms. The van der Waals surface area contributed by atoms with E-state index in [1.807, 2.05) is 12.1 Å². The van der Waals surface area contributed by atoms with E-state index in [0.29, 0.717) is 17.6 Å². The Morgan fingerprint density at radius 2 is 1.81 bits per heavy atom. The first-order chi connectivity index (χ1) is 7.86. The van der Waals surface area contributed by atoms with Crippen molar-refractivity contribution in [1.29, 1.82) is 0 Å². The van der Waals surface area contributed by atoms with Crippen molar-refractivity contribution in [2.75, 3.05) is 0 Å². The van der Waals surface area contributed by atoms with Crippen molar-refractivity contribution in [1.82, 2.24) is 0 Å². The summed E-state index contributed by atoms with van der Waals surface area (Å²) in [6, 6.07) is 8.20. The van der Waals surface area contributed by atoms with Gasteiger partial charge in [-0.25, -0.2) is 0 Å². The standard InChI is InChI=1S/C15H18O/c16-15-13-8-3-1-2-6-11(13)10-12-7-4-5-9-14(12)15/h4-5,7,9,11,13H,1-3,6,8,10H2/t11-,13+/m1/s1. The number of benzene rings is 1. The van der Waals surface area contributed by atoms with Crippen molar-refractivity contribution in [3.05, 3.63) is 35.4 Å². The third-order valence-electron chi connectivity index (χ3n) is 4.26. The Morgan fingerprint density at radius 1 is 1.00 bits per heavy atom. The Kier molecular flexibility index (Phi) is 2.55. The minimum Gasteiger partial charge on any atom is -0.294 e. The summed E-state index contributed by atoms with van der Waals surface area (Å²) in [5.41, 5.74) is 2.29. The van der Waals surface area contributed by atoms with Crippen LogP contribution in [0.5, 0.6) is 0 Å². The molecule has 0 unspecified atom stereocenters. The van der Waals surface area contributed by atoms with Gasteiger partial charge in [0.25, 0.3) is 0 Å². The normalized spacial score (nSPS) is 29.1.